The van der Waals surface area contributed by atoms with Gasteiger partial charge in [0.1, 0.15) is 10.7 Å². The number of fused-ring (bicyclic) bond motifs is 3. The summed E-state index contributed by atoms with van der Waals surface area (Å²) in [5.74, 6) is -0.426. The van der Waals surface area contributed by atoms with Gasteiger partial charge >= 0.3 is 0 Å². The Labute approximate surface area is 176 Å². The smallest absolute Gasteiger partial charge is 0.184 e. The number of thiazole rings is 1. The van der Waals surface area contributed by atoms with Gasteiger partial charge in [0.25, 0.3) is 0 Å². The highest BCUT2D eigenvalue weighted by Crippen LogP contribution is 2.36. The molecule has 3 aromatic rings. The number of aryl methyl sites for hydroxylation is 2. The first-order valence-corrected chi connectivity index (χ1v) is 10.2. The predicted molar refractivity (Wildman–Crippen MR) is 115 cm³/mol. The summed E-state index contributed by atoms with van der Waals surface area (Å²) in [6.07, 6.45) is 4.34. The maximum absolute atomic E-state index is 14.0. The summed E-state index contributed by atoms with van der Waals surface area (Å²) >= 11 is 1.56. The molecule has 0 fully saturated rings. The highest BCUT2D eigenvalue weighted by Gasteiger charge is 2.31. The number of aliphatic hydroxyl groups excluding tert-OH is 1. The van der Waals surface area contributed by atoms with Gasteiger partial charge in [-0.15, -0.1) is 17.9 Å². The Morgan fingerprint density at radius 1 is 1.47 bits per heavy atom. The Balaban J connectivity index is 1.59. The first-order chi connectivity index (χ1) is 14.4. The van der Waals surface area contributed by atoms with Crippen LogP contribution in [0.15, 0.2) is 29.1 Å². The largest absolute Gasteiger partial charge is 0.367 e. The lowest BCUT2D eigenvalue weighted by Gasteiger charge is -2.28. The van der Waals surface area contributed by atoms with Crippen LogP contribution in [-0.2, 0) is 27.1 Å². The van der Waals surface area contributed by atoms with E-state index < -0.39 is 12.0 Å². The zero-order valence-electron chi connectivity index (χ0n) is 17.0. The van der Waals surface area contributed by atoms with E-state index in [1.807, 2.05) is 18.5 Å². The lowest BCUT2D eigenvalue weighted by molar-refractivity contribution is -0.0114. The summed E-state index contributed by atoms with van der Waals surface area (Å²) in [4.78, 5) is 4.73. The van der Waals surface area contributed by atoms with E-state index in [9.17, 15) is 9.50 Å². The van der Waals surface area contributed by atoms with E-state index in [-0.39, 0.29) is 12.2 Å². The van der Waals surface area contributed by atoms with Gasteiger partial charge in [-0.3, -0.25) is 9.69 Å². The van der Waals surface area contributed by atoms with Crippen molar-refractivity contribution in [2.24, 2.45) is 24.3 Å². The minimum absolute atomic E-state index is 0.0641. The van der Waals surface area contributed by atoms with Crippen molar-refractivity contribution in [1.82, 2.24) is 29.8 Å². The van der Waals surface area contributed by atoms with Crippen LogP contribution in [-0.4, -0.2) is 47.9 Å². The SMILES string of the molecule is C=CCN/N=C(\C)Cc1nc2c(s1)c1c(n2C)C(O)N(Cc2nn(C)cc2F)N=C1. The maximum Gasteiger partial charge on any atom is 0.184 e. The van der Waals surface area contributed by atoms with E-state index in [1.54, 1.807) is 30.7 Å². The third-order valence-corrected chi connectivity index (χ3v) is 5.87. The first kappa shape index (κ1) is 20.2. The molecule has 0 aromatic carbocycles. The Morgan fingerprint density at radius 3 is 2.97 bits per heavy atom. The number of aromatic nitrogens is 4. The molecule has 11 heteroatoms. The van der Waals surface area contributed by atoms with Crippen LogP contribution in [0.4, 0.5) is 4.39 Å². The van der Waals surface area contributed by atoms with E-state index in [1.165, 1.54) is 15.9 Å². The van der Waals surface area contributed by atoms with Gasteiger partial charge in [-0.05, 0) is 6.92 Å². The van der Waals surface area contributed by atoms with Crippen LogP contribution in [0, 0.1) is 5.82 Å². The number of hydrogen-bond donors (Lipinski definition) is 2. The van der Waals surface area contributed by atoms with E-state index in [4.69, 9.17) is 4.98 Å². The normalized spacial score (nSPS) is 16.4. The highest BCUT2D eigenvalue weighted by atomic mass is 32.1. The summed E-state index contributed by atoms with van der Waals surface area (Å²) in [6.45, 7) is 6.27. The molecule has 0 saturated heterocycles. The Morgan fingerprint density at radius 2 is 2.27 bits per heavy atom. The number of aliphatic hydroxyl groups is 1. The Hall–Kier alpha value is -3.05. The average molecular weight is 431 g/mol. The summed E-state index contributed by atoms with van der Waals surface area (Å²) in [6, 6.07) is 0. The second-order valence-electron chi connectivity index (χ2n) is 7.11. The summed E-state index contributed by atoms with van der Waals surface area (Å²) in [5, 5.41) is 26.0. The first-order valence-electron chi connectivity index (χ1n) is 9.40. The monoisotopic (exact) mass is 430 g/mol. The van der Waals surface area contributed by atoms with E-state index in [0.717, 1.165) is 26.6 Å². The summed E-state index contributed by atoms with van der Waals surface area (Å²) in [7, 11) is 3.51. The number of nitrogens with one attached hydrogen (secondary N) is 1. The van der Waals surface area contributed by atoms with Crippen LogP contribution in [0.5, 0.6) is 0 Å². The van der Waals surface area contributed by atoms with Gasteiger partial charge in [0, 0.05) is 31.8 Å². The molecular weight excluding hydrogens is 407 g/mol. The van der Waals surface area contributed by atoms with Crippen molar-refractivity contribution in [3.8, 4) is 0 Å². The van der Waals surface area contributed by atoms with Crippen molar-refractivity contribution in [2.45, 2.75) is 26.1 Å². The van der Waals surface area contributed by atoms with Gasteiger partial charge in [-0.25, -0.2) is 9.37 Å². The van der Waals surface area contributed by atoms with Crippen molar-refractivity contribution in [3.05, 3.63) is 46.6 Å². The van der Waals surface area contributed by atoms with Crippen LogP contribution < -0.4 is 5.43 Å². The second-order valence-corrected chi connectivity index (χ2v) is 8.19. The molecule has 1 aliphatic rings. The van der Waals surface area contributed by atoms with Gasteiger partial charge in [0.15, 0.2) is 17.7 Å². The van der Waals surface area contributed by atoms with Crippen LogP contribution in [0.25, 0.3) is 10.3 Å². The van der Waals surface area contributed by atoms with E-state index >= 15 is 0 Å². The highest BCUT2D eigenvalue weighted by molar-refractivity contribution is 7.19. The predicted octanol–water partition coefficient (Wildman–Crippen LogP) is 2.04. The Kier molecular flexibility index (Phi) is 5.39. The molecule has 1 atom stereocenters. The minimum atomic E-state index is -1.02. The van der Waals surface area contributed by atoms with Crippen LogP contribution in [0.1, 0.15) is 35.1 Å². The molecule has 0 spiro atoms. The second kappa shape index (κ2) is 8.00. The van der Waals surface area contributed by atoms with Gasteiger partial charge < -0.3 is 15.1 Å². The number of hydrogen-bond acceptors (Lipinski definition) is 8. The minimum Gasteiger partial charge on any atom is -0.367 e. The zero-order valence-corrected chi connectivity index (χ0v) is 17.8. The van der Waals surface area contributed by atoms with E-state index in [0.29, 0.717) is 18.7 Å². The van der Waals surface area contributed by atoms with Gasteiger partial charge in [-0.2, -0.15) is 15.3 Å². The molecule has 4 heterocycles. The van der Waals surface area contributed by atoms with E-state index in [2.05, 4.69) is 27.3 Å². The fourth-order valence-electron chi connectivity index (χ4n) is 3.41. The molecule has 1 unspecified atom stereocenters. The molecule has 0 bridgehead atoms. The molecule has 0 amide bonds. The quantitative estimate of drug-likeness (QED) is 0.259. The van der Waals surface area contributed by atoms with Gasteiger partial charge in [-0.1, -0.05) is 6.08 Å². The molecule has 9 nitrogen and oxygen atoms in total. The lowest BCUT2D eigenvalue weighted by Crippen LogP contribution is -2.29. The standard InChI is InChI=1S/C19H23FN8OS/c1-5-6-21-24-11(2)7-15-23-18-17(30-15)12-8-22-28(19(29)16(12)27(18)4)10-14-13(20)9-26(3)25-14/h5,8-9,19,21,29H,1,6-7,10H2,2-4H3/b24-11+. The van der Waals surface area contributed by atoms with Crippen LogP contribution >= 0.6 is 11.3 Å². The fourth-order valence-corrected chi connectivity index (χ4v) is 4.60. The third-order valence-electron chi connectivity index (χ3n) is 4.79. The molecule has 4 rings (SSSR count). The maximum atomic E-state index is 14.0. The molecule has 30 heavy (non-hydrogen) atoms. The molecule has 2 N–H and O–H groups in total. The number of rotatable bonds is 7. The number of halogens is 1. The summed E-state index contributed by atoms with van der Waals surface area (Å²) in [5.41, 5.74) is 6.37. The molecule has 1 aliphatic heterocycles. The Bertz CT molecular complexity index is 1160. The van der Waals surface area contributed by atoms with Gasteiger partial charge in [0.2, 0.25) is 0 Å². The van der Waals surface area contributed by atoms with Crippen molar-refractivity contribution in [2.75, 3.05) is 6.54 Å². The molecular formula is C19H23FN8OS. The topological polar surface area (TPSA) is 95.9 Å². The lowest BCUT2D eigenvalue weighted by atomic mass is 10.2. The molecule has 158 valence electrons. The van der Waals surface area contributed by atoms with Crippen molar-refractivity contribution >= 4 is 33.6 Å². The van der Waals surface area contributed by atoms with Crippen LogP contribution in [0.2, 0.25) is 0 Å². The molecule has 0 radical (unpaired) electrons. The van der Waals surface area contributed by atoms with Crippen molar-refractivity contribution in [3.63, 3.8) is 0 Å². The number of hydrazone groups is 2. The van der Waals surface area contributed by atoms with Crippen molar-refractivity contribution < 1.29 is 9.50 Å². The average Bonchev–Trinajstić information content (AvgIpc) is 3.32. The van der Waals surface area contributed by atoms with Gasteiger partial charge in [0.05, 0.1) is 35.9 Å². The molecule has 0 aliphatic carbocycles. The molecule has 3 aromatic heterocycles. The fraction of sp³-hybridized carbons (Fsp3) is 0.368. The van der Waals surface area contributed by atoms with Crippen molar-refractivity contribution in [1.29, 1.82) is 0 Å². The summed E-state index contributed by atoms with van der Waals surface area (Å²) < 4.78 is 18.2. The third kappa shape index (κ3) is 3.61. The number of nitrogens with zero attached hydrogens (tertiary/aromatic N) is 7. The van der Waals surface area contributed by atoms with Crippen LogP contribution in [0.3, 0.4) is 0 Å². The molecule has 0 saturated carbocycles. The zero-order chi connectivity index (χ0) is 21.4.